The summed E-state index contributed by atoms with van der Waals surface area (Å²) in [5, 5.41) is 8.91. The lowest BCUT2D eigenvalue weighted by molar-refractivity contribution is -0.138. The number of amides is 2. The van der Waals surface area contributed by atoms with Gasteiger partial charge in [0.05, 0.1) is 19.1 Å². The monoisotopic (exact) mass is 214 g/mol. The molecule has 1 unspecified atom stereocenters. The summed E-state index contributed by atoms with van der Waals surface area (Å²) >= 11 is 0. The van der Waals surface area contributed by atoms with Gasteiger partial charge in [0.2, 0.25) is 11.8 Å². The van der Waals surface area contributed by atoms with Crippen LogP contribution in [0.3, 0.4) is 0 Å². The number of rotatable bonds is 4. The Morgan fingerprint density at radius 2 is 2.13 bits per heavy atom. The fourth-order valence-electron chi connectivity index (χ4n) is 1.88. The largest absolute Gasteiger partial charge is 0.395 e. The molecule has 0 radical (unpaired) electrons. The SMILES string of the molecule is CC(C)N(CCO)C1CC(=O)N(C)C1=O. The second-order valence-corrected chi connectivity index (χ2v) is 4.07. The normalized spacial score (nSPS) is 22.3. The molecule has 15 heavy (non-hydrogen) atoms. The molecule has 1 N–H and O–H groups in total. The van der Waals surface area contributed by atoms with Gasteiger partial charge in [-0.1, -0.05) is 0 Å². The molecule has 0 aromatic carbocycles. The molecule has 1 heterocycles. The van der Waals surface area contributed by atoms with Crippen LogP contribution in [0.1, 0.15) is 20.3 Å². The van der Waals surface area contributed by atoms with Gasteiger partial charge in [0, 0.05) is 19.6 Å². The molecule has 5 nitrogen and oxygen atoms in total. The van der Waals surface area contributed by atoms with Gasteiger partial charge < -0.3 is 5.11 Å². The molecule has 2 amide bonds. The highest BCUT2D eigenvalue weighted by molar-refractivity contribution is 6.05. The Kier molecular flexibility index (Phi) is 3.82. The van der Waals surface area contributed by atoms with Crippen molar-refractivity contribution in [1.29, 1.82) is 0 Å². The number of nitrogens with zero attached hydrogens (tertiary/aromatic N) is 2. The Hall–Kier alpha value is -0.940. The zero-order valence-electron chi connectivity index (χ0n) is 9.43. The molecule has 1 rings (SSSR count). The van der Waals surface area contributed by atoms with Crippen molar-refractivity contribution >= 4 is 11.8 Å². The van der Waals surface area contributed by atoms with Gasteiger partial charge in [0.15, 0.2) is 0 Å². The van der Waals surface area contributed by atoms with Crippen molar-refractivity contribution in [2.24, 2.45) is 0 Å². The first-order valence-electron chi connectivity index (χ1n) is 5.16. The van der Waals surface area contributed by atoms with E-state index in [0.717, 1.165) is 4.90 Å². The smallest absolute Gasteiger partial charge is 0.246 e. The summed E-state index contributed by atoms with van der Waals surface area (Å²) in [4.78, 5) is 26.1. The summed E-state index contributed by atoms with van der Waals surface area (Å²) in [5.41, 5.74) is 0. The van der Waals surface area contributed by atoms with Crippen molar-refractivity contribution in [2.45, 2.75) is 32.4 Å². The molecule has 1 atom stereocenters. The van der Waals surface area contributed by atoms with Crippen LogP contribution in [0.2, 0.25) is 0 Å². The maximum absolute atomic E-state index is 11.7. The van der Waals surface area contributed by atoms with Gasteiger partial charge in [-0.3, -0.25) is 19.4 Å². The highest BCUT2D eigenvalue weighted by atomic mass is 16.3. The third-order valence-electron chi connectivity index (χ3n) is 2.78. The molecule has 0 aromatic rings. The summed E-state index contributed by atoms with van der Waals surface area (Å²) in [5.74, 6) is -0.310. The Bertz CT molecular complexity index is 265. The first-order chi connectivity index (χ1) is 6.99. The van der Waals surface area contributed by atoms with E-state index in [9.17, 15) is 9.59 Å². The van der Waals surface area contributed by atoms with Crippen molar-refractivity contribution < 1.29 is 14.7 Å². The molecule has 5 heteroatoms. The van der Waals surface area contributed by atoms with Crippen LogP contribution in [-0.4, -0.2) is 59.0 Å². The van der Waals surface area contributed by atoms with E-state index in [-0.39, 0.29) is 30.9 Å². The second-order valence-electron chi connectivity index (χ2n) is 4.07. The highest BCUT2D eigenvalue weighted by Gasteiger charge is 2.40. The van der Waals surface area contributed by atoms with Crippen LogP contribution in [0, 0.1) is 0 Å². The molecule has 1 aliphatic rings. The number of likely N-dealkylation sites (N-methyl/N-ethyl adjacent to an activating group) is 1. The minimum atomic E-state index is -0.394. The topological polar surface area (TPSA) is 60.9 Å². The van der Waals surface area contributed by atoms with E-state index in [1.807, 2.05) is 18.7 Å². The van der Waals surface area contributed by atoms with E-state index >= 15 is 0 Å². The van der Waals surface area contributed by atoms with Crippen molar-refractivity contribution in [1.82, 2.24) is 9.80 Å². The standard InChI is InChI=1S/C10H18N2O3/c1-7(2)12(4-5-13)8-6-9(14)11(3)10(8)15/h7-8,13H,4-6H2,1-3H3. The molecule has 0 saturated carbocycles. The van der Waals surface area contributed by atoms with Crippen molar-refractivity contribution in [3.8, 4) is 0 Å². The van der Waals surface area contributed by atoms with Gasteiger partial charge in [-0.05, 0) is 13.8 Å². The fraction of sp³-hybridized carbons (Fsp3) is 0.800. The second kappa shape index (κ2) is 4.72. The van der Waals surface area contributed by atoms with E-state index < -0.39 is 6.04 Å². The number of likely N-dealkylation sites (tertiary alicyclic amines) is 1. The third kappa shape index (κ3) is 2.35. The van der Waals surface area contributed by atoms with Gasteiger partial charge in [-0.25, -0.2) is 0 Å². The summed E-state index contributed by atoms with van der Waals surface area (Å²) in [7, 11) is 1.50. The molecule has 0 spiro atoms. The van der Waals surface area contributed by atoms with Gasteiger partial charge in [0.1, 0.15) is 0 Å². The van der Waals surface area contributed by atoms with Crippen molar-refractivity contribution in [3.05, 3.63) is 0 Å². The number of hydrogen-bond acceptors (Lipinski definition) is 4. The summed E-state index contributed by atoms with van der Waals surface area (Å²) in [6.07, 6.45) is 0.230. The highest BCUT2D eigenvalue weighted by Crippen LogP contribution is 2.18. The van der Waals surface area contributed by atoms with E-state index in [0.29, 0.717) is 6.54 Å². The molecule has 0 aromatic heterocycles. The molecule has 1 saturated heterocycles. The Morgan fingerprint density at radius 1 is 1.53 bits per heavy atom. The summed E-state index contributed by atoms with van der Waals surface area (Å²) < 4.78 is 0. The molecule has 86 valence electrons. The molecule has 1 fully saturated rings. The zero-order chi connectivity index (χ0) is 11.6. The predicted molar refractivity (Wildman–Crippen MR) is 55.1 cm³/mol. The summed E-state index contributed by atoms with van der Waals surface area (Å²) in [6, 6.07) is -0.250. The average molecular weight is 214 g/mol. The number of carbonyl (C=O) groups is 2. The Morgan fingerprint density at radius 3 is 2.47 bits per heavy atom. The van der Waals surface area contributed by atoms with Crippen LogP contribution in [0.4, 0.5) is 0 Å². The quantitative estimate of drug-likeness (QED) is 0.638. The maximum atomic E-state index is 11.7. The van der Waals surface area contributed by atoms with Crippen molar-refractivity contribution in [2.75, 3.05) is 20.2 Å². The van der Waals surface area contributed by atoms with Gasteiger partial charge >= 0.3 is 0 Å². The molecule has 1 aliphatic heterocycles. The number of carbonyl (C=O) groups excluding carboxylic acids is 2. The maximum Gasteiger partial charge on any atom is 0.246 e. The van der Waals surface area contributed by atoms with Gasteiger partial charge in [-0.2, -0.15) is 0 Å². The summed E-state index contributed by atoms with van der Waals surface area (Å²) in [6.45, 7) is 4.33. The van der Waals surface area contributed by atoms with Gasteiger partial charge in [-0.15, -0.1) is 0 Å². The lowest BCUT2D eigenvalue weighted by Crippen LogP contribution is -2.46. The van der Waals surface area contributed by atoms with E-state index in [4.69, 9.17) is 5.11 Å². The predicted octanol–water partition coefficient (Wildman–Crippen LogP) is -0.554. The van der Waals surface area contributed by atoms with Crippen LogP contribution in [0.25, 0.3) is 0 Å². The molecule has 0 aliphatic carbocycles. The van der Waals surface area contributed by atoms with Gasteiger partial charge in [0.25, 0.3) is 0 Å². The number of hydrogen-bond donors (Lipinski definition) is 1. The Labute approximate surface area is 89.7 Å². The van der Waals surface area contributed by atoms with E-state index in [1.54, 1.807) is 0 Å². The molecular formula is C10H18N2O3. The number of aliphatic hydroxyl groups excluding tert-OH is 1. The van der Waals surface area contributed by atoms with Crippen LogP contribution < -0.4 is 0 Å². The lowest BCUT2D eigenvalue weighted by atomic mass is 10.1. The fourth-order valence-corrected chi connectivity index (χ4v) is 1.88. The van der Waals surface area contributed by atoms with Crippen LogP contribution in [0.5, 0.6) is 0 Å². The minimum Gasteiger partial charge on any atom is -0.395 e. The number of imide groups is 1. The zero-order valence-corrected chi connectivity index (χ0v) is 9.43. The molecule has 0 bridgehead atoms. The first kappa shape index (κ1) is 12.1. The van der Waals surface area contributed by atoms with Crippen molar-refractivity contribution in [3.63, 3.8) is 0 Å². The first-order valence-corrected chi connectivity index (χ1v) is 5.16. The Balaban J connectivity index is 2.77. The van der Waals surface area contributed by atoms with Crippen LogP contribution in [-0.2, 0) is 9.59 Å². The third-order valence-corrected chi connectivity index (χ3v) is 2.78. The van der Waals surface area contributed by atoms with E-state index in [1.165, 1.54) is 7.05 Å². The van der Waals surface area contributed by atoms with Crippen LogP contribution >= 0.6 is 0 Å². The minimum absolute atomic E-state index is 0.000134. The lowest BCUT2D eigenvalue weighted by Gasteiger charge is -2.29. The van der Waals surface area contributed by atoms with E-state index in [2.05, 4.69) is 0 Å². The molecular weight excluding hydrogens is 196 g/mol. The number of aliphatic hydroxyl groups is 1. The van der Waals surface area contributed by atoms with Crippen LogP contribution in [0.15, 0.2) is 0 Å². The average Bonchev–Trinajstić information content (AvgIpc) is 2.42.